The number of benzene rings is 4. The first kappa shape index (κ1) is 35.5. The van der Waals surface area contributed by atoms with E-state index in [-0.39, 0.29) is 22.9 Å². The Balaban J connectivity index is 1.34. The second-order valence-electron chi connectivity index (χ2n) is 11.3. The first-order chi connectivity index (χ1) is 24.2. The van der Waals surface area contributed by atoms with Crippen molar-refractivity contribution in [1.29, 1.82) is 0 Å². The molecule has 0 saturated carbocycles. The van der Waals surface area contributed by atoms with E-state index in [9.17, 15) is 19.2 Å². The molecule has 1 atom stereocenters. The molecule has 50 heavy (non-hydrogen) atoms. The first-order valence-electron chi connectivity index (χ1n) is 16.2. The highest BCUT2D eigenvalue weighted by Gasteiger charge is 2.24. The summed E-state index contributed by atoms with van der Waals surface area (Å²) in [5.41, 5.74) is 2.75. The normalized spacial score (nSPS) is 11.8. The summed E-state index contributed by atoms with van der Waals surface area (Å²) in [5, 5.41) is 7.99. The molecule has 0 aliphatic rings. The molecule has 0 saturated heterocycles. The molecule has 0 aliphatic heterocycles. The average Bonchev–Trinajstić information content (AvgIpc) is 3.34. The second kappa shape index (κ2) is 16.5. The van der Waals surface area contributed by atoms with E-state index >= 15 is 0 Å². The molecule has 5 aromatic rings. The van der Waals surface area contributed by atoms with Crippen LogP contribution in [-0.2, 0) is 16.6 Å². The fourth-order valence-corrected chi connectivity index (χ4v) is 6.25. The van der Waals surface area contributed by atoms with Gasteiger partial charge in [-0.2, -0.15) is 0 Å². The lowest BCUT2D eigenvalue weighted by Crippen LogP contribution is -2.30. The van der Waals surface area contributed by atoms with Crippen LogP contribution in [-0.4, -0.2) is 38.9 Å². The third-order valence-corrected chi connectivity index (χ3v) is 9.24. The van der Waals surface area contributed by atoms with Gasteiger partial charge in [-0.05, 0) is 74.9 Å². The van der Waals surface area contributed by atoms with Crippen LogP contribution in [0.4, 0.5) is 11.4 Å². The molecule has 1 heterocycles. The predicted molar refractivity (Wildman–Crippen MR) is 199 cm³/mol. The molecule has 0 radical (unpaired) electrons. The van der Waals surface area contributed by atoms with Crippen molar-refractivity contribution in [2.75, 3.05) is 17.2 Å². The van der Waals surface area contributed by atoms with Gasteiger partial charge < -0.3 is 20.7 Å². The molecule has 256 valence electrons. The molecule has 0 fully saturated rings. The number of hydrogen-bond acceptors (Lipinski definition) is 6. The lowest BCUT2D eigenvalue weighted by molar-refractivity contribution is -0.116. The molecule has 5 rings (SSSR count). The number of nitrogens with one attached hydrogen (secondary N) is 3. The summed E-state index contributed by atoms with van der Waals surface area (Å²) in [7, 11) is 1.77. The maximum Gasteiger partial charge on any atom is 0.295 e. The van der Waals surface area contributed by atoms with Crippen LogP contribution >= 0.6 is 11.8 Å². The molecule has 1 unspecified atom stereocenters. The number of thioether (sulfide) groups is 1. The van der Waals surface area contributed by atoms with Crippen LogP contribution in [0.15, 0.2) is 125 Å². The topological polar surface area (TPSA) is 123 Å². The Labute approximate surface area is 295 Å². The summed E-state index contributed by atoms with van der Waals surface area (Å²) in [4.78, 5) is 54.5. The molecule has 4 aromatic carbocycles. The van der Waals surface area contributed by atoms with Crippen LogP contribution < -0.4 is 26.2 Å². The van der Waals surface area contributed by atoms with E-state index in [1.54, 1.807) is 85.4 Å². The number of amides is 3. The highest BCUT2D eigenvalue weighted by molar-refractivity contribution is 8.00. The molecule has 0 bridgehead atoms. The van der Waals surface area contributed by atoms with Crippen molar-refractivity contribution < 1.29 is 19.1 Å². The van der Waals surface area contributed by atoms with Crippen molar-refractivity contribution in [3.63, 3.8) is 0 Å². The lowest BCUT2D eigenvalue weighted by Gasteiger charge is -2.16. The van der Waals surface area contributed by atoms with Gasteiger partial charge in [0.15, 0.2) is 0 Å². The Morgan fingerprint density at radius 2 is 1.54 bits per heavy atom. The summed E-state index contributed by atoms with van der Waals surface area (Å²) < 4.78 is 8.98. The third-order valence-electron chi connectivity index (χ3n) is 7.88. The van der Waals surface area contributed by atoms with Crippen LogP contribution in [0.5, 0.6) is 5.75 Å². The monoisotopic (exact) mass is 689 g/mol. The van der Waals surface area contributed by atoms with E-state index in [0.29, 0.717) is 47.0 Å². The summed E-state index contributed by atoms with van der Waals surface area (Å²) in [5.74, 6) is -0.714. The van der Waals surface area contributed by atoms with Crippen molar-refractivity contribution in [2.24, 2.45) is 7.05 Å². The number of aromatic nitrogens is 2. The summed E-state index contributed by atoms with van der Waals surface area (Å²) >= 11 is 1.32. The number of para-hydroxylation sites is 2. The van der Waals surface area contributed by atoms with Gasteiger partial charge in [-0.15, -0.1) is 11.8 Å². The Bertz CT molecular complexity index is 2070. The third kappa shape index (κ3) is 8.42. The average molecular weight is 690 g/mol. The molecule has 3 amide bonds. The summed E-state index contributed by atoms with van der Waals surface area (Å²) in [6.07, 6.45) is 2.07. The van der Waals surface area contributed by atoms with E-state index in [1.807, 2.05) is 62.4 Å². The molecular formula is C39H39N5O5S. The Morgan fingerprint density at radius 3 is 2.24 bits per heavy atom. The van der Waals surface area contributed by atoms with Gasteiger partial charge in [-0.25, -0.2) is 4.68 Å². The van der Waals surface area contributed by atoms with Gasteiger partial charge in [0, 0.05) is 28.8 Å². The molecule has 11 heteroatoms. The second-order valence-corrected chi connectivity index (χ2v) is 12.5. The van der Waals surface area contributed by atoms with Gasteiger partial charge in [0.05, 0.1) is 23.2 Å². The van der Waals surface area contributed by atoms with E-state index in [0.717, 1.165) is 4.90 Å². The predicted octanol–water partition coefficient (Wildman–Crippen LogP) is 6.80. The Morgan fingerprint density at radius 1 is 0.860 bits per heavy atom. The summed E-state index contributed by atoms with van der Waals surface area (Å²) in [6, 6.07) is 32.2. The number of anilines is 2. The number of ether oxygens (including phenoxy) is 1. The largest absolute Gasteiger partial charge is 0.493 e. The van der Waals surface area contributed by atoms with Gasteiger partial charge in [-0.3, -0.25) is 23.9 Å². The highest BCUT2D eigenvalue weighted by atomic mass is 32.2. The molecule has 0 spiro atoms. The quantitative estimate of drug-likeness (QED) is 0.0923. The van der Waals surface area contributed by atoms with E-state index < -0.39 is 17.1 Å². The van der Waals surface area contributed by atoms with E-state index in [4.69, 9.17) is 4.74 Å². The van der Waals surface area contributed by atoms with Gasteiger partial charge >= 0.3 is 0 Å². The van der Waals surface area contributed by atoms with Crippen LogP contribution in [0.25, 0.3) is 11.8 Å². The zero-order chi connectivity index (χ0) is 35.6. The maximum absolute atomic E-state index is 13.7. The van der Waals surface area contributed by atoms with E-state index in [2.05, 4.69) is 16.0 Å². The van der Waals surface area contributed by atoms with Crippen molar-refractivity contribution in [1.82, 2.24) is 14.7 Å². The van der Waals surface area contributed by atoms with Crippen molar-refractivity contribution in [3.8, 4) is 11.4 Å². The highest BCUT2D eigenvalue weighted by Crippen LogP contribution is 2.29. The maximum atomic E-state index is 13.7. The first-order valence-corrected chi connectivity index (χ1v) is 17.1. The number of carbonyl (C=O) groups is 3. The van der Waals surface area contributed by atoms with E-state index in [1.165, 1.54) is 16.4 Å². The summed E-state index contributed by atoms with van der Waals surface area (Å²) in [6.45, 7) is 5.99. The van der Waals surface area contributed by atoms with Gasteiger partial charge in [0.2, 0.25) is 5.91 Å². The molecule has 1 aromatic heterocycles. The minimum absolute atomic E-state index is 0.0225. The molecule has 3 N–H and O–H groups in total. The number of nitrogens with zero attached hydrogens (tertiary/aromatic N) is 2. The zero-order valence-corrected chi connectivity index (χ0v) is 29.1. The number of rotatable bonds is 13. The molecular weight excluding hydrogens is 651 g/mol. The van der Waals surface area contributed by atoms with Gasteiger partial charge in [-0.1, -0.05) is 67.6 Å². The van der Waals surface area contributed by atoms with Crippen molar-refractivity contribution in [3.05, 3.63) is 142 Å². The Hall–Kier alpha value is -5.81. The standard InChI is InChI=1S/C39H39N5O5S/c1-5-34(38(47)42-35-26(3)43(4)44(39(35)48)30-20-11-8-12-21-30)50-31-22-15-19-29(25-31)40-37(46)32(41-36(45)27-16-9-7-10-17-27)24-28-18-13-14-23-33(28)49-6-2/h7-25,34H,5-6H2,1-4H3,(H,40,46)(H,41,45)(H,42,47)/b32-24+. The number of carbonyl (C=O) groups excluding carboxylic acids is 3. The van der Waals surface area contributed by atoms with Crippen LogP contribution in [0.2, 0.25) is 0 Å². The van der Waals surface area contributed by atoms with Crippen molar-refractivity contribution in [2.45, 2.75) is 37.3 Å². The minimum Gasteiger partial charge on any atom is -0.493 e. The smallest absolute Gasteiger partial charge is 0.295 e. The van der Waals surface area contributed by atoms with Gasteiger partial charge in [0.1, 0.15) is 17.1 Å². The Kier molecular flexibility index (Phi) is 11.7. The van der Waals surface area contributed by atoms with Crippen molar-refractivity contribution >= 4 is 46.9 Å². The van der Waals surface area contributed by atoms with Crippen LogP contribution in [0.1, 0.15) is 41.9 Å². The zero-order valence-electron chi connectivity index (χ0n) is 28.3. The van der Waals surface area contributed by atoms with Gasteiger partial charge in [0.25, 0.3) is 17.4 Å². The minimum atomic E-state index is -0.540. The molecule has 0 aliphatic carbocycles. The number of hydrogen-bond donors (Lipinski definition) is 3. The lowest BCUT2D eigenvalue weighted by atomic mass is 10.1. The van der Waals surface area contributed by atoms with Crippen LogP contribution in [0, 0.1) is 6.92 Å². The molecule has 10 nitrogen and oxygen atoms in total. The van der Waals surface area contributed by atoms with Crippen LogP contribution in [0.3, 0.4) is 0 Å². The fourth-order valence-electron chi connectivity index (χ4n) is 5.23. The SMILES string of the molecule is CCOc1ccccc1/C=C(/NC(=O)c1ccccc1)C(=O)Nc1cccc(SC(CC)C(=O)Nc2c(C)n(C)n(-c3ccccc3)c2=O)c1. The fraction of sp³-hybridized carbons (Fsp3) is 0.179.